The Morgan fingerprint density at radius 2 is 1.94 bits per heavy atom. The number of rotatable bonds is 0. The van der Waals surface area contributed by atoms with Crippen LogP contribution in [0.1, 0.15) is 19.3 Å². The zero-order chi connectivity index (χ0) is 13.0. The normalized spacial score (nSPS) is 43.5. The standard InChI is InChI=1S/C15H18O3/c1-7-4-5-10-8(2)15(17)18-14(10)13-9(3)12(16)6-11(7)13/h10-14,16H,1-6H2/t10-,11?,12-,13?,14?/m0/s1. The van der Waals surface area contributed by atoms with Gasteiger partial charge in [0.05, 0.1) is 6.10 Å². The Labute approximate surface area is 107 Å². The summed E-state index contributed by atoms with van der Waals surface area (Å²) in [5.74, 6) is -0.0128. The van der Waals surface area contributed by atoms with Crippen molar-refractivity contribution in [3.05, 3.63) is 36.5 Å². The van der Waals surface area contributed by atoms with E-state index in [4.69, 9.17) is 4.74 Å². The maximum atomic E-state index is 11.7. The molecule has 3 unspecified atom stereocenters. The SMILES string of the molecule is C=C1CC[C@H]2C(=C)C(=O)OC2C2C(=C)[C@@H](O)CC12. The molecule has 0 aromatic heterocycles. The van der Waals surface area contributed by atoms with E-state index >= 15 is 0 Å². The number of hydrogen-bond acceptors (Lipinski definition) is 3. The van der Waals surface area contributed by atoms with Gasteiger partial charge in [0.2, 0.25) is 0 Å². The van der Waals surface area contributed by atoms with E-state index in [1.807, 2.05) is 0 Å². The molecule has 0 spiro atoms. The summed E-state index contributed by atoms with van der Waals surface area (Å²) >= 11 is 0. The second-order valence-corrected chi connectivity index (χ2v) is 5.66. The fourth-order valence-corrected chi connectivity index (χ4v) is 3.70. The quantitative estimate of drug-likeness (QED) is 0.404. The van der Waals surface area contributed by atoms with Crippen molar-refractivity contribution in [3.8, 4) is 0 Å². The summed E-state index contributed by atoms with van der Waals surface area (Å²) in [6.07, 6.45) is 1.71. The molecule has 96 valence electrons. The number of ether oxygens (including phenoxy) is 1. The molecule has 1 heterocycles. The number of carbonyl (C=O) groups is 1. The largest absolute Gasteiger partial charge is 0.458 e. The third-order valence-corrected chi connectivity index (χ3v) is 4.77. The van der Waals surface area contributed by atoms with E-state index in [1.54, 1.807) is 0 Å². The Balaban J connectivity index is 2.01. The highest BCUT2D eigenvalue weighted by molar-refractivity contribution is 5.91. The van der Waals surface area contributed by atoms with E-state index in [0.717, 1.165) is 24.0 Å². The first-order valence-electron chi connectivity index (χ1n) is 6.45. The number of fused-ring (bicyclic) bond motifs is 3. The molecule has 3 aliphatic rings. The van der Waals surface area contributed by atoms with E-state index in [1.165, 1.54) is 0 Å². The summed E-state index contributed by atoms with van der Waals surface area (Å²) in [7, 11) is 0. The van der Waals surface area contributed by atoms with Gasteiger partial charge in [-0.15, -0.1) is 0 Å². The predicted octanol–water partition coefficient (Wildman–Crippen LogP) is 1.99. The molecule has 1 saturated heterocycles. The van der Waals surface area contributed by atoms with Crippen molar-refractivity contribution < 1.29 is 14.6 Å². The van der Waals surface area contributed by atoms with Gasteiger partial charge in [-0.05, 0) is 30.8 Å². The molecule has 1 aliphatic heterocycles. The van der Waals surface area contributed by atoms with Gasteiger partial charge in [-0.25, -0.2) is 4.79 Å². The third-order valence-electron chi connectivity index (χ3n) is 4.77. The van der Waals surface area contributed by atoms with Crippen LogP contribution in [0.5, 0.6) is 0 Å². The zero-order valence-corrected chi connectivity index (χ0v) is 10.4. The second kappa shape index (κ2) is 3.82. The minimum absolute atomic E-state index is 0.0169. The molecule has 5 atom stereocenters. The summed E-state index contributed by atoms with van der Waals surface area (Å²) < 4.78 is 5.49. The first-order valence-corrected chi connectivity index (χ1v) is 6.45. The van der Waals surface area contributed by atoms with E-state index in [0.29, 0.717) is 12.0 Å². The van der Waals surface area contributed by atoms with Crippen LogP contribution < -0.4 is 0 Å². The summed E-state index contributed by atoms with van der Waals surface area (Å²) in [5, 5.41) is 9.99. The Bertz CT molecular complexity index is 462. The monoisotopic (exact) mass is 246 g/mol. The smallest absolute Gasteiger partial charge is 0.334 e. The third kappa shape index (κ3) is 1.43. The summed E-state index contributed by atoms with van der Waals surface area (Å²) in [6.45, 7) is 12.0. The van der Waals surface area contributed by atoms with Crippen LogP contribution in [0.2, 0.25) is 0 Å². The van der Waals surface area contributed by atoms with E-state index in [2.05, 4.69) is 19.7 Å². The van der Waals surface area contributed by atoms with Crippen LogP contribution in [0.15, 0.2) is 36.5 Å². The molecule has 0 aromatic carbocycles. The summed E-state index contributed by atoms with van der Waals surface area (Å²) in [4.78, 5) is 11.7. The number of aliphatic hydroxyl groups is 1. The van der Waals surface area contributed by atoms with Crippen LogP contribution in [-0.4, -0.2) is 23.3 Å². The van der Waals surface area contributed by atoms with Crippen LogP contribution in [0.25, 0.3) is 0 Å². The molecule has 0 radical (unpaired) electrons. The molecule has 2 saturated carbocycles. The van der Waals surface area contributed by atoms with Crippen LogP contribution >= 0.6 is 0 Å². The Kier molecular flexibility index (Phi) is 2.49. The van der Waals surface area contributed by atoms with Crippen molar-refractivity contribution in [2.45, 2.75) is 31.5 Å². The number of hydrogen-bond donors (Lipinski definition) is 1. The molecule has 3 nitrogen and oxygen atoms in total. The fourth-order valence-electron chi connectivity index (χ4n) is 3.70. The lowest BCUT2D eigenvalue weighted by molar-refractivity contribution is -0.141. The van der Waals surface area contributed by atoms with Crippen molar-refractivity contribution in [2.75, 3.05) is 0 Å². The average Bonchev–Trinajstić information content (AvgIpc) is 2.72. The van der Waals surface area contributed by atoms with Gasteiger partial charge in [0, 0.05) is 17.4 Å². The van der Waals surface area contributed by atoms with E-state index in [9.17, 15) is 9.90 Å². The fraction of sp³-hybridized carbons (Fsp3) is 0.533. The maximum absolute atomic E-state index is 11.7. The van der Waals surface area contributed by atoms with Gasteiger partial charge >= 0.3 is 5.97 Å². The summed E-state index contributed by atoms with van der Waals surface area (Å²) in [6, 6.07) is 0. The molecule has 3 heteroatoms. The molecule has 1 N–H and O–H groups in total. The lowest BCUT2D eigenvalue weighted by Gasteiger charge is -2.25. The molecule has 3 fully saturated rings. The van der Waals surface area contributed by atoms with Crippen molar-refractivity contribution in [2.24, 2.45) is 17.8 Å². The number of carbonyl (C=O) groups excluding carboxylic acids is 1. The van der Waals surface area contributed by atoms with Gasteiger partial charge in [0.15, 0.2) is 0 Å². The maximum Gasteiger partial charge on any atom is 0.334 e. The van der Waals surface area contributed by atoms with Gasteiger partial charge in [0.1, 0.15) is 6.10 Å². The first kappa shape index (κ1) is 11.7. The van der Waals surface area contributed by atoms with Crippen LogP contribution in [0.4, 0.5) is 0 Å². The second-order valence-electron chi connectivity index (χ2n) is 5.66. The minimum Gasteiger partial charge on any atom is -0.458 e. The Hall–Kier alpha value is -1.35. The Morgan fingerprint density at radius 1 is 1.22 bits per heavy atom. The van der Waals surface area contributed by atoms with Crippen molar-refractivity contribution in [3.63, 3.8) is 0 Å². The molecule has 18 heavy (non-hydrogen) atoms. The van der Waals surface area contributed by atoms with Crippen molar-refractivity contribution >= 4 is 5.97 Å². The lowest BCUT2D eigenvalue weighted by Crippen LogP contribution is -2.29. The van der Waals surface area contributed by atoms with Gasteiger partial charge in [0.25, 0.3) is 0 Å². The zero-order valence-electron chi connectivity index (χ0n) is 10.4. The molecular formula is C15H18O3. The first-order chi connectivity index (χ1) is 8.50. The molecule has 0 aromatic rings. The Morgan fingerprint density at radius 3 is 2.67 bits per heavy atom. The van der Waals surface area contributed by atoms with Gasteiger partial charge in [-0.3, -0.25) is 0 Å². The van der Waals surface area contributed by atoms with E-state index in [-0.39, 0.29) is 29.8 Å². The van der Waals surface area contributed by atoms with Crippen molar-refractivity contribution in [1.29, 1.82) is 0 Å². The predicted molar refractivity (Wildman–Crippen MR) is 67.6 cm³/mol. The van der Waals surface area contributed by atoms with Gasteiger partial charge in [-0.2, -0.15) is 0 Å². The van der Waals surface area contributed by atoms with Crippen LogP contribution in [0.3, 0.4) is 0 Å². The molecule has 0 bridgehead atoms. The van der Waals surface area contributed by atoms with Crippen LogP contribution in [0, 0.1) is 17.8 Å². The topological polar surface area (TPSA) is 46.5 Å². The molecular weight excluding hydrogens is 228 g/mol. The van der Waals surface area contributed by atoms with E-state index < -0.39 is 6.10 Å². The molecule has 2 aliphatic carbocycles. The van der Waals surface area contributed by atoms with Crippen LogP contribution in [-0.2, 0) is 9.53 Å². The summed E-state index contributed by atoms with van der Waals surface area (Å²) in [5.41, 5.74) is 2.51. The highest BCUT2D eigenvalue weighted by atomic mass is 16.6. The highest BCUT2D eigenvalue weighted by Gasteiger charge is 2.52. The average molecular weight is 246 g/mol. The minimum atomic E-state index is -0.497. The number of esters is 1. The van der Waals surface area contributed by atoms with Gasteiger partial charge in [-0.1, -0.05) is 25.3 Å². The lowest BCUT2D eigenvalue weighted by atomic mass is 9.82. The number of allylic oxidation sites excluding steroid dienone is 1. The molecule has 0 amide bonds. The van der Waals surface area contributed by atoms with Crippen molar-refractivity contribution in [1.82, 2.24) is 0 Å². The molecule has 3 rings (SSSR count). The highest BCUT2D eigenvalue weighted by Crippen LogP contribution is 2.51. The number of aliphatic hydroxyl groups excluding tert-OH is 1. The van der Waals surface area contributed by atoms with Gasteiger partial charge < -0.3 is 9.84 Å².